The highest BCUT2D eigenvalue weighted by Gasteiger charge is 2.29. The van der Waals surface area contributed by atoms with Crippen LogP contribution in [-0.2, 0) is 11.2 Å². The molecule has 0 aromatic heterocycles. The van der Waals surface area contributed by atoms with Crippen molar-refractivity contribution in [1.82, 2.24) is 5.32 Å². The van der Waals surface area contributed by atoms with Crippen LogP contribution >= 0.6 is 0 Å². The Morgan fingerprint density at radius 1 is 1.25 bits per heavy atom. The van der Waals surface area contributed by atoms with Crippen molar-refractivity contribution in [2.45, 2.75) is 44.1 Å². The summed E-state index contributed by atoms with van der Waals surface area (Å²) in [6.07, 6.45) is 4.23. The maximum Gasteiger partial charge on any atom is 0.224 e. The molecule has 0 saturated heterocycles. The third kappa shape index (κ3) is 4.00. The topological polar surface area (TPSA) is 49.3 Å². The van der Waals surface area contributed by atoms with Gasteiger partial charge >= 0.3 is 0 Å². The van der Waals surface area contributed by atoms with E-state index in [-0.39, 0.29) is 24.4 Å². The van der Waals surface area contributed by atoms with Gasteiger partial charge in [0.15, 0.2) is 0 Å². The van der Waals surface area contributed by atoms with E-state index in [1.54, 1.807) is 0 Å². The number of carbonyl (C=O) groups excluding carboxylic acids is 1. The van der Waals surface area contributed by atoms with Crippen molar-refractivity contribution in [3.63, 3.8) is 0 Å². The molecular formula is C15H19F2NO2. The minimum Gasteiger partial charge on any atom is -0.388 e. The molecule has 1 aromatic carbocycles. The van der Waals surface area contributed by atoms with Gasteiger partial charge in [-0.05, 0) is 24.5 Å². The molecule has 3 nitrogen and oxygen atoms in total. The summed E-state index contributed by atoms with van der Waals surface area (Å²) in [5, 5.41) is 12.9. The average molecular weight is 283 g/mol. The van der Waals surface area contributed by atoms with Crippen LogP contribution < -0.4 is 5.32 Å². The summed E-state index contributed by atoms with van der Waals surface area (Å²) in [5.41, 5.74) is -0.686. The minimum absolute atomic E-state index is 0.151. The lowest BCUT2D eigenvalue weighted by atomic mass is 9.85. The normalized spacial score (nSPS) is 17.8. The number of hydrogen-bond acceptors (Lipinski definition) is 2. The lowest BCUT2D eigenvalue weighted by molar-refractivity contribution is -0.122. The summed E-state index contributed by atoms with van der Waals surface area (Å²) < 4.78 is 26.2. The van der Waals surface area contributed by atoms with Crippen LogP contribution in [0.4, 0.5) is 8.78 Å². The smallest absolute Gasteiger partial charge is 0.224 e. The molecule has 1 amide bonds. The van der Waals surface area contributed by atoms with E-state index in [2.05, 4.69) is 5.32 Å². The highest BCUT2D eigenvalue weighted by molar-refractivity contribution is 5.78. The Labute approximate surface area is 117 Å². The number of nitrogens with one attached hydrogen (secondary N) is 1. The van der Waals surface area contributed by atoms with E-state index in [0.29, 0.717) is 12.8 Å². The third-order valence-corrected chi connectivity index (χ3v) is 3.77. The second kappa shape index (κ2) is 6.31. The molecule has 0 heterocycles. The van der Waals surface area contributed by atoms with E-state index in [0.717, 1.165) is 31.4 Å². The molecule has 0 unspecified atom stereocenters. The highest BCUT2D eigenvalue weighted by Crippen LogP contribution is 2.27. The maximum atomic E-state index is 13.4. The Bertz CT molecular complexity index is 485. The number of hydrogen-bond donors (Lipinski definition) is 2. The lowest BCUT2D eigenvalue weighted by Gasteiger charge is -2.32. The Kier molecular flexibility index (Phi) is 4.70. The van der Waals surface area contributed by atoms with Gasteiger partial charge in [-0.25, -0.2) is 8.78 Å². The van der Waals surface area contributed by atoms with Gasteiger partial charge in [0.05, 0.1) is 12.0 Å². The quantitative estimate of drug-likeness (QED) is 0.891. The Morgan fingerprint density at radius 2 is 1.95 bits per heavy atom. The van der Waals surface area contributed by atoms with Crippen molar-refractivity contribution in [3.05, 3.63) is 35.4 Å². The molecule has 0 atom stereocenters. The van der Waals surface area contributed by atoms with Gasteiger partial charge in [-0.15, -0.1) is 0 Å². The number of benzene rings is 1. The van der Waals surface area contributed by atoms with Crippen molar-refractivity contribution in [2.75, 3.05) is 6.54 Å². The molecule has 1 aliphatic rings. The zero-order valence-electron chi connectivity index (χ0n) is 11.3. The molecule has 110 valence electrons. The highest BCUT2D eigenvalue weighted by atomic mass is 19.1. The first-order chi connectivity index (χ1) is 9.48. The predicted molar refractivity (Wildman–Crippen MR) is 71.1 cm³/mol. The van der Waals surface area contributed by atoms with Crippen LogP contribution in [0.2, 0.25) is 0 Å². The van der Waals surface area contributed by atoms with Crippen LogP contribution in [0.1, 0.15) is 37.7 Å². The fourth-order valence-corrected chi connectivity index (χ4v) is 2.55. The zero-order valence-corrected chi connectivity index (χ0v) is 11.3. The molecule has 1 saturated carbocycles. The first-order valence-corrected chi connectivity index (χ1v) is 6.92. The van der Waals surface area contributed by atoms with Gasteiger partial charge in [0.25, 0.3) is 0 Å². The van der Waals surface area contributed by atoms with Gasteiger partial charge in [0.1, 0.15) is 11.6 Å². The fraction of sp³-hybridized carbons (Fsp3) is 0.533. The second-order valence-electron chi connectivity index (χ2n) is 5.47. The first kappa shape index (κ1) is 14.9. The van der Waals surface area contributed by atoms with Crippen LogP contribution in [0.15, 0.2) is 18.2 Å². The molecule has 2 N–H and O–H groups in total. The molecule has 0 aliphatic heterocycles. The van der Waals surface area contributed by atoms with Gasteiger partial charge in [0, 0.05) is 12.6 Å². The zero-order chi connectivity index (χ0) is 14.6. The Balaban J connectivity index is 1.86. The van der Waals surface area contributed by atoms with Gasteiger partial charge in [0.2, 0.25) is 5.91 Å². The van der Waals surface area contributed by atoms with Gasteiger partial charge in [-0.3, -0.25) is 4.79 Å². The minimum atomic E-state index is -0.838. The molecule has 2 rings (SSSR count). The van der Waals surface area contributed by atoms with Crippen LogP contribution in [0.3, 0.4) is 0 Å². The molecule has 0 radical (unpaired) electrons. The molecule has 20 heavy (non-hydrogen) atoms. The maximum absolute atomic E-state index is 13.4. The van der Waals surface area contributed by atoms with Crippen molar-refractivity contribution in [1.29, 1.82) is 0 Å². The molecular weight excluding hydrogens is 264 g/mol. The first-order valence-electron chi connectivity index (χ1n) is 6.92. The Morgan fingerprint density at radius 3 is 2.60 bits per heavy atom. The molecule has 0 spiro atoms. The molecule has 5 heteroatoms. The molecule has 0 bridgehead atoms. The van der Waals surface area contributed by atoms with Crippen molar-refractivity contribution in [3.8, 4) is 0 Å². The lowest BCUT2D eigenvalue weighted by Crippen LogP contribution is -2.44. The van der Waals surface area contributed by atoms with Gasteiger partial charge in [-0.1, -0.05) is 25.3 Å². The summed E-state index contributed by atoms with van der Waals surface area (Å²) in [7, 11) is 0. The largest absolute Gasteiger partial charge is 0.388 e. The van der Waals surface area contributed by atoms with Crippen LogP contribution in [0.5, 0.6) is 0 Å². The van der Waals surface area contributed by atoms with E-state index < -0.39 is 17.2 Å². The number of halogens is 2. The molecule has 1 fully saturated rings. The number of rotatable bonds is 4. The molecule has 1 aliphatic carbocycles. The fourth-order valence-electron chi connectivity index (χ4n) is 2.55. The number of carbonyl (C=O) groups is 1. The van der Waals surface area contributed by atoms with Crippen molar-refractivity contribution in [2.24, 2.45) is 0 Å². The standard InChI is InChI=1S/C15H19F2NO2/c16-12-5-4-11(13(17)9-12)8-14(19)18-10-15(20)6-2-1-3-7-15/h4-5,9,20H,1-3,6-8,10H2,(H,18,19). The summed E-state index contributed by atoms with van der Waals surface area (Å²) in [6.45, 7) is 0.189. The number of aliphatic hydroxyl groups is 1. The summed E-state index contributed by atoms with van der Waals surface area (Å²) in [4.78, 5) is 11.8. The van der Waals surface area contributed by atoms with Crippen LogP contribution in [0, 0.1) is 11.6 Å². The SMILES string of the molecule is O=C(Cc1ccc(F)cc1F)NCC1(O)CCCCC1. The van der Waals surface area contributed by atoms with E-state index in [4.69, 9.17) is 0 Å². The van der Waals surface area contributed by atoms with Crippen molar-refractivity contribution >= 4 is 5.91 Å². The molecule has 1 aromatic rings. The monoisotopic (exact) mass is 283 g/mol. The third-order valence-electron chi connectivity index (χ3n) is 3.77. The van der Waals surface area contributed by atoms with Gasteiger partial charge < -0.3 is 10.4 Å². The second-order valence-corrected chi connectivity index (χ2v) is 5.47. The summed E-state index contributed by atoms with van der Waals surface area (Å²) in [6, 6.07) is 3.15. The van der Waals surface area contributed by atoms with Crippen molar-refractivity contribution < 1.29 is 18.7 Å². The van der Waals surface area contributed by atoms with Gasteiger partial charge in [-0.2, -0.15) is 0 Å². The average Bonchev–Trinajstić information content (AvgIpc) is 2.41. The summed E-state index contributed by atoms with van der Waals surface area (Å²) >= 11 is 0. The van der Waals surface area contributed by atoms with Crippen LogP contribution in [-0.4, -0.2) is 23.2 Å². The van der Waals surface area contributed by atoms with E-state index >= 15 is 0 Å². The van der Waals surface area contributed by atoms with Crippen LogP contribution in [0.25, 0.3) is 0 Å². The Hall–Kier alpha value is -1.49. The summed E-state index contributed by atoms with van der Waals surface area (Å²) in [5.74, 6) is -1.76. The predicted octanol–water partition coefficient (Wildman–Crippen LogP) is 2.32. The number of amides is 1. The van der Waals surface area contributed by atoms with E-state index in [9.17, 15) is 18.7 Å². The van der Waals surface area contributed by atoms with E-state index in [1.165, 1.54) is 6.07 Å². The van der Waals surface area contributed by atoms with E-state index in [1.807, 2.05) is 0 Å².